The molecule has 2 aliphatic heterocycles. The van der Waals surface area contributed by atoms with E-state index in [1.807, 2.05) is 30.3 Å². The Morgan fingerprint density at radius 1 is 1.18 bits per heavy atom. The van der Waals surface area contributed by atoms with Gasteiger partial charge in [0.25, 0.3) is 0 Å². The van der Waals surface area contributed by atoms with Crippen molar-refractivity contribution < 1.29 is 14.0 Å². The van der Waals surface area contributed by atoms with Gasteiger partial charge in [0.05, 0.1) is 5.69 Å². The van der Waals surface area contributed by atoms with Crippen LogP contribution < -0.4 is 16.0 Å². The van der Waals surface area contributed by atoms with Crippen LogP contribution in [0.1, 0.15) is 29.5 Å². The van der Waals surface area contributed by atoms with E-state index in [4.69, 9.17) is 0 Å². The van der Waals surface area contributed by atoms with Crippen molar-refractivity contribution in [2.75, 3.05) is 17.2 Å². The zero-order valence-corrected chi connectivity index (χ0v) is 16.2. The Morgan fingerprint density at radius 2 is 2.00 bits per heavy atom. The minimum Gasteiger partial charge on any atom is -0.326 e. The maximum atomic E-state index is 14.6. The lowest BCUT2D eigenvalue weighted by Gasteiger charge is -2.24. The number of halogens is 2. The van der Waals surface area contributed by atoms with Gasteiger partial charge < -0.3 is 16.0 Å². The topological polar surface area (TPSA) is 70.2 Å². The molecule has 2 aromatic carbocycles. The van der Waals surface area contributed by atoms with E-state index in [9.17, 15) is 14.0 Å². The second kappa shape index (κ2) is 8.71. The van der Waals surface area contributed by atoms with E-state index in [0.717, 1.165) is 23.4 Å². The number of benzene rings is 2. The molecule has 1 atom stereocenters. The highest BCUT2D eigenvalue weighted by molar-refractivity contribution is 5.96. The first-order valence-corrected chi connectivity index (χ1v) is 9.31. The SMILES string of the molecule is Cl.O=C(CCC1Cc2ccccc2NC1=O)Nc1ccc2c(c1F)CCNC2. The normalized spacial score (nSPS) is 17.6. The number of amides is 2. The molecule has 5 nitrogen and oxygen atoms in total. The summed E-state index contributed by atoms with van der Waals surface area (Å²) < 4.78 is 14.6. The van der Waals surface area contributed by atoms with E-state index in [1.165, 1.54) is 0 Å². The van der Waals surface area contributed by atoms with Gasteiger partial charge in [-0.25, -0.2) is 4.39 Å². The van der Waals surface area contributed by atoms with Gasteiger partial charge in [-0.05, 0) is 54.6 Å². The Kier molecular flexibility index (Phi) is 6.31. The molecule has 4 rings (SSSR count). The largest absolute Gasteiger partial charge is 0.326 e. The number of carbonyl (C=O) groups is 2. The fourth-order valence-corrected chi connectivity index (χ4v) is 3.79. The molecule has 0 aromatic heterocycles. The van der Waals surface area contributed by atoms with E-state index in [1.54, 1.807) is 6.07 Å². The maximum Gasteiger partial charge on any atom is 0.227 e. The first kappa shape index (κ1) is 20.3. The molecule has 2 amide bonds. The molecule has 2 aromatic rings. The van der Waals surface area contributed by atoms with Crippen molar-refractivity contribution in [1.29, 1.82) is 0 Å². The van der Waals surface area contributed by atoms with Gasteiger partial charge in [0, 0.05) is 24.6 Å². The third kappa shape index (κ3) is 4.18. The zero-order valence-electron chi connectivity index (χ0n) is 15.4. The fourth-order valence-electron chi connectivity index (χ4n) is 3.79. The second-order valence-electron chi connectivity index (χ2n) is 7.13. The summed E-state index contributed by atoms with van der Waals surface area (Å²) >= 11 is 0. The summed E-state index contributed by atoms with van der Waals surface area (Å²) in [5, 5.41) is 8.76. The van der Waals surface area contributed by atoms with Gasteiger partial charge in [0.2, 0.25) is 11.8 Å². The van der Waals surface area contributed by atoms with Gasteiger partial charge in [0.15, 0.2) is 0 Å². The average molecular weight is 404 g/mol. The Bertz CT molecular complexity index is 903. The smallest absolute Gasteiger partial charge is 0.227 e. The summed E-state index contributed by atoms with van der Waals surface area (Å²) in [5.74, 6) is -0.916. The molecule has 0 fully saturated rings. The lowest BCUT2D eigenvalue weighted by Crippen LogP contribution is -2.30. The van der Waals surface area contributed by atoms with E-state index in [2.05, 4.69) is 16.0 Å². The maximum absolute atomic E-state index is 14.6. The standard InChI is InChI=1S/C21H22FN3O2.ClH/c22-20-16-9-10-23-12-15(16)5-7-18(20)24-19(26)8-6-14-11-13-3-1-2-4-17(13)25-21(14)27;/h1-5,7,14,23H,6,8-12H2,(H,24,26)(H,25,27);1H. The molecule has 0 spiro atoms. The van der Waals surface area contributed by atoms with Crippen molar-refractivity contribution in [3.8, 4) is 0 Å². The number of para-hydroxylation sites is 1. The predicted octanol–water partition coefficient (Wildman–Crippen LogP) is 3.42. The number of anilines is 2. The van der Waals surface area contributed by atoms with Crippen LogP contribution in [0.5, 0.6) is 0 Å². The average Bonchev–Trinajstić information content (AvgIpc) is 2.69. The highest BCUT2D eigenvalue weighted by Gasteiger charge is 2.26. The minimum absolute atomic E-state index is 0. The summed E-state index contributed by atoms with van der Waals surface area (Å²) in [6.07, 6.45) is 1.85. The lowest BCUT2D eigenvalue weighted by atomic mass is 9.89. The van der Waals surface area contributed by atoms with Crippen LogP contribution in [0, 0.1) is 11.7 Å². The van der Waals surface area contributed by atoms with E-state index in [-0.39, 0.29) is 48.1 Å². The molecule has 148 valence electrons. The van der Waals surface area contributed by atoms with Crippen LogP contribution in [0.15, 0.2) is 36.4 Å². The quantitative estimate of drug-likeness (QED) is 0.732. The van der Waals surface area contributed by atoms with Crippen molar-refractivity contribution in [3.63, 3.8) is 0 Å². The van der Waals surface area contributed by atoms with Crippen molar-refractivity contribution in [1.82, 2.24) is 5.32 Å². The third-order valence-corrected chi connectivity index (χ3v) is 5.31. The number of fused-ring (bicyclic) bond motifs is 2. The Balaban J connectivity index is 0.00000225. The molecule has 1 unspecified atom stereocenters. The molecule has 3 N–H and O–H groups in total. The second-order valence-corrected chi connectivity index (χ2v) is 7.13. The van der Waals surface area contributed by atoms with Crippen molar-refractivity contribution in [3.05, 3.63) is 58.9 Å². The van der Waals surface area contributed by atoms with Gasteiger partial charge in [-0.3, -0.25) is 9.59 Å². The minimum atomic E-state index is -0.341. The molecule has 2 heterocycles. The van der Waals surface area contributed by atoms with E-state index >= 15 is 0 Å². The Morgan fingerprint density at radius 3 is 2.86 bits per heavy atom. The van der Waals surface area contributed by atoms with Crippen LogP contribution in [0.3, 0.4) is 0 Å². The highest BCUT2D eigenvalue weighted by atomic mass is 35.5. The van der Waals surface area contributed by atoms with Crippen LogP contribution in [-0.2, 0) is 29.0 Å². The Labute approximate surface area is 169 Å². The molecule has 0 bridgehead atoms. The van der Waals surface area contributed by atoms with Gasteiger partial charge in [-0.15, -0.1) is 12.4 Å². The van der Waals surface area contributed by atoms with Crippen LogP contribution in [0.2, 0.25) is 0 Å². The number of nitrogens with one attached hydrogen (secondary N) is 3. The molecule has 0 radical (unpaired) electrons. The fraction of sp³-hybridized carbons (Fsp3) is 0.333. The zero-order chi connectivity index (χ0) is 18.8. The predicted molar refractivity (Wildman–Crippen MR) is 109 cm³/mol. The molecule has 0 aliphatic carbocycles. The summed E-state index contributed by atoms with van der Waals surface area (Å²) in [4.78, 5) is 24.5. The summed E-state index contributed by atoms with van der Waals surface area (Å²) in [5.41, 5.74) is 3.76. The number of hydrogen-bond donors (Lipinski definition) is 3. The van der Waals surface area contributed by atoms with Crippen LogP contribution in [-0.4, -0.2) is 18.4 Å². The van der Waals surface area contributed by atoms with Crippen molar-refractivity contribution >= 4 is 35.6 Å². The lowest BCUT2D eigenvalue weighted by molar-refractivity contribution is -0.121. The van der Waals surface area contributed by atoms with Gasteiger partial charge >= 0.3 is 0 Å². The van der Waals surface area contributed by atoms with Crippen LogP contribution >= 0.6 is 12.4 Å². The molecule has 7 heteroatoms. The third-order valence-electron chi connectivity index (χ3n) is 5.31. The molecular formula is C21H23ClFN3O2. The van der Waals surface area contributed by atoms with Crippen LogP contribution in [0.4, 0.5) is 15.8 Å². The van der Waals surface area contributed by atoms with Crippen molar-refractivity contribution in [2.24, 2.45) is 5.92 Å². The molecule has 0 saturated carbocycles. The molecule has 28 heavy (non-hydrogen) atoms. The monoisotopic (exact) mass is 403 g/mol. The highest BCUT2D eigenvalue weighted by Crippen LogP contribution is 2.28. The first-order chi connectivity index (χ1) is 13.1. The molecule has 2 aliphatic rings. The van der Waals surface area contributed by atoms with E-state index in [0.29, 0.717) is 31.4 Å². The van der Waals surface area contributed by atoms with Crippen LogP contribution in [0.25, 0.3) is 0 Å². The van der Waals surface area contributed by atoms with Gasteiger partial charge in [-0.1, -0.05) is 24.3 Å². The molecule has 0 saturated heterocycles. The number of carbonyl (C=O) groups excluding carboxylic acids is 2. The van der Waals surface area contributed by atoms with Crippen molar-refractivity contribution in [2.45, 2.75) is 32.2 Å². The summed E-state index contributed by atoms with van der Waals surface area (Å²) in [6.45, 7) is 1.39. The van der Waals surface area contributed by atoms with E-state index < -0.39 is 0 Å². The Hall–Kier alpha value is -2.44. The summed E-state index contributed by atoms with van der Waals surface area (Å²) in [7, 11) is 0. The number of rotatable bonds is 4. The number of hydrogen-bond acceptors (Lipinski definition) is 3. The van der Waals surface area contributed by atoms with Gasteiger partial charge in [0.1, 0.15) is 5.82 Å². The summed E-state index contributed by atoms with van der Waals surface area (Å²) in [6, 6.07) is 11.2. The first-order valence-electron chi connectivity index (χ1n) is 9.31. The molecular weight excluding hydrogens is 381 g/mol. The van der Waals surface area contributed by atoms with Gasteiger partial charge in [-0.2, -0.15) is 0 Å².